The van der Waals surface area contributed by atoms with Crippen LogP contribution in [0.25, 0.3) is 0 Å². The molecule has 0 amide bonds. The van der Waals surface area contributed by atoms with E-state index in [-0.39, 0.29) is 16.8 Å². The average Bonchev–Trinajstić information content (AvgIpc) is 2.12. The fourth-order valence-corrected chi connectivity index (χ4v) is 2.06. The molecule has 1 N–H and O–H groups in total. The topological polar surface area (TPSA) is 54.9 Å². The van der Waals surface area contributed by atoms with Crippen molar-refractivity contribution in [2.75, 3.05) is 12.0 Å². The lowest BCUT2D eigenvalue weighted by atomic mass is 10.2. The molecule has 84 valence electrons. The van der Waals surface area contributed by atoms with Gasteiger partial charge in [-0.3, -0.25) is 14.3 Å². The van der Waals surface area contributed by atoms with E-state index in [0.29, 0.717) is 0 Å². The molecule has 0 aliphatic carbocycles. The molecule has 0 saturated heterocycles. The van der Waals surface area contributed by atoms with E-state index in [1.165, 1.54) is 10.6 Å². The average molecular weight is 249 g/mol. The lowest BCUT2D eigenvalue weighted by Crippen LogP contribution is -2.36. The van der Waals surface area contributed by atoms with Crippen LogP contribution in [0.5, 0.6) is 0 Å². The van der Waals surface area contributed by atoms with Gasteiger partial charge in [-0.2, -0.15) is 11.8 Å². The molecule has 0 fully saturated rings. The first-order chi connectivity index (χ1) is 7.06. The highest BCUT2D eigenvalue weighted by Crippen LogP contribution is 2.09. The summed E-state index contributed by atoms with van der Waals surface area (Å²) in [5.41, 5.74) is -0.793. The van der Waals surface area contributed by atoms with Crippen molar-refractivity contribution in [3.63, 3.8) is 0 Å². The largest absolute Gasteiger partial charge is 0.329 e. The molecule has 4 nitrogen and oxygen atoms in total. The number of aromatic amines is 1. The van der Waals surface area contributed by atoms with Crippen molar-refractivity contribution < 1.29 is 0 Å². The van der Waals surface area contributed by atoms with Crippen LogP contribution in [0.2, 0.25) is 5.15 Å². The first-order valence-corrected chi connectivity index (χ1v) is 6.33. The minimum Gasteiger partial charge on any atom is -0.298 e. The summed E-state index contributed by atoms with van der Waals surface area (Å²) in [6.07, 6.45) is 2.77. The monoisotopic (exact) mass is 248 g/mol. The number of thioether (sulfide) groups is 1. The molecule has 0 spiro atoms. The summed E-state index contributed by atoms with van der Waals surface area (Å²) >= 11 is 7.24. The van der Waals surface area contributed by atoms with Gasteiger partial charge in [0.25, 0.3) is 5.56 Å². The zero-order valence-electron chi connectivity index (χ0n) is 8.62. The van der Waals surface area contributed by atoms with E-state index < -0.39 is 5.69 Å². The quantitative estimate of drug-likeness (QED) is 0.822. The van der Waals surface area contributed by atoms with E-state index >= 15 is 0 Å². The number of halogens is 1. The molecule has 1 aromatic heterocycles. The number of nitrogens with one attached hydrogen (secondary N) is 1. The highest BCUT2D eigenvalue weighted by molar-refractivity contribution is 7.98. The summed E-state index contributed by atoms with van der Waals surface area (Å²) in [4.78, 5) is 25.4. The van der Waals surface area contributed by atoms with E-state index in [9.17, 15) is 9.59 Å². The van der Waals surface area contributed by atoms with Crippen LogP contribution in [0.4, 0.5) is 0 Å². The van der Waals surface area contributed by atoms with Crippen LogP contribution < -0.4 is 11.2 Å². The minimum atomic E-state index is -0.443. The van der Waals surface area contributed by atoms with Crippen molar-refractivity contribution in [3.8, 4) is 0 Å². The Kier molecular flexibility index (Phi) is 4.47. The molecule has 1 atom stereocenters. The van der Waals surface area contributed by atoms with Crippen LogP contribution in [-0.2, 0) is 0 Å². The Hall–Kier alpha value is -0.680. The molecule has 1 aromatic rings. The number of nitrogens with zero attached hydrogens (tertiary/aromatic N) is 1. The van der Waals surface area contributed by atoms with Crippen molar-refractivity contribution >= 4 is 23.4 Å². The van der Waals surface area contributed by atoms with E-state index in [4.69, 9.17) is 11.6 Å². The SMILES string of the molecule is CSCCC(C)n1c(=O)cc(Cl)[nH]c1=O. The summed E-state index contributed by atoms with van der Waals surface area (Å²) in [5.74, 6) is 0.912. The Bertz CT molecular complexity index is 409. The minimum absolute atomic E-state index is 0.0818. The fraction of sp³-hybridized carbons (Fsp3) is 0.556. The third kappa shape index (κ3) is 3.14. The molecule has 1 unspecified atom stereocenters. The van der Waals surface area contributed by atoms with Gasteiger partial charge in [-0.15, -0.1) is 0 Å². The van der Waals surface area contributed by atoms with Gasteiger partial charge in [0.1, 0.15) is 5.15 Å². The van der Waals surface area contributed by atoms with Gasteiger partial charge in [0.2, 0.25) is 0 Å². The Morgan fingerprint density at radius 1 is 1.60 bits per heavy atom. The Labute approximate surface area is 96.7 Å². The second-order valence-corrected chi connectivity index (χ2v) is 4.65. The van der Waals surface area contributed by atoms with Crippen LogP contribution in [0.1, 0.15) is 19.4 Å². The third-order valence-corrected chi connectivity index (χ3v) is 2.96. The zero-order valence-corrected chi connectivity index (χ0v) is 10.2. The number of aromatic nitrogens is 2. The van der Waals surface area contributed by atoms with Crippen molar-refractivity contribution in [3.05, 3.63) is 32.1 Å². The maximum absolute atomic E-state index is 11.5. The number of H-pyrrole nitrogens is 1. The molecule has 0 bridgehead atoms. The second-order valence-electron chi connectivity index (χ2n) is 3.26. The second kappa shape index (κ2) is 5.42. The molecular weight excluding hydrogens is 236 g/mol. The van der Waals surface area contributed by atoms with Crippen LogP contribution in [0.3, 0.4) is 0 Å². The molecule has 1 rings (SSSR count). The maximum atomic E-state index is 11.5. The Morgan fingerprint density at radius 2 is 2.27 bits per heavy atom. The van der Waals surface area contributed by atoms with Crippen LogP contribution in [0.15, 0.2) is 15.7 Å². The van der Waals surface area contributed by atoms with E-state index in [1.807, 2.05) is 13.2 Å². The Balaban J connectivity index is 3.04. The van der Waals surface area contributed by atoms with Gasteiger partial charge in [0.15, 0.2) is 0 Å². The van der Waals surface area contributed by atoms with Crippen LogP contribution >= 0.6 is 23.4 Å². The molecule has 6 heteroatoms. The summed E-state index contributed by atoms with van der Waals surface area (Å²) < 4.78 is 1.20. The van der Waals surface area contributed by atoms with Gasteiger partial charge < -0.3 is 0 Å². The number of hydrogen-bond acceptors (Lipinski definition) is 3. The molecule has 0 aromatic carbocycles. The van der Waals surface area contributed by atoms with Crippen LogP contribution in [-0.4, -0.2) is 21.6 Å². The zero-order chi connectivity index (χ0) is 11.4. The standard InChI is InChI=1S/C9H13ClN2O2S/c1-6(3-4-15-2)12-8(13)5-7(10)11-9(12)14/h5-6H,3-4H2,1-2H3,(H,11,14). The molecular formula is C9H13ClN2O2S. The first kappa shape index (κ1) is 12.4. The van der Waals surface area contributed by atoms with Gasteiger partial charge in [-0.1, -0.05) is 11.6 Å². The van der Waals surface area contributed by atoms with Gasteiger partial charge in [0, 0.05) is 12.1 Å². The first-order valence-electron chi connectivity index (χ1n) is 4.56. The van der Waals surface area contributed by atoms with Crippen molar-refractivity contribution in [2.45, 2.75) is 19.4 Å². The van der Waals surface area contributed by atoms with Gasteiger partial charge in [0.05, 0.1) is 0 Å². The van der Waals surface area contributed by atoms with E-state index in [0.717, 1.165) is 12.2 Å². The number of rotatable bonds is 4. The van der Waals surface area contributed by atoms with Crippen molar-refractivity contribution in [1.82, 2.24) is 9.55 Å². The summed E-state index contributed by atoms with van der Waals surface area (Å²) in [6.45, 7) is 1.85. The van der Waals surface area contributed by atoms with Gasteiger partial charge >= 0.3 is 5.69 Å². The van der Waals surface area contributed by atoms with Gasteiger partial charge in [-0.05, 0) is 25.4 Å². The smallest absolute Gasteiger partial charge is 0.298 e. The molecule has 0 radical (unpaired) electrons. The number of hydrogen-bond donors (Lipinski definition) is 1. The lowest BCUT2D eigenvalue weighted by Gasteiger charge is -2.12. The highest BCUT2D eigenvalue weighted by atomic mass is 35.5. The lowest BCUT2D eigenvalue weighted by molar-refractivity contribution is 0.493. The molecule has 15 heavy (non-hydrogen) atoms. The molecule has 0 saturated carbocycles. The van der Waals surface area contributed by atoms with Gasteiger partial charge in [-0.25, -0.2) is 4.79 Å². The highest BCUT2D eigenvalue weighted by Gasteiger charge is 2.10. The van der Waals surface area contributed by atoms with Crippen molar-refractivity contribution in [1.29, 1.82) is 0 Å². The van der Waals surface area contributed by atoms with E-state index in [1.54, 1.807) is 11.8 Å². The molecule has 0 aliphatic rings. The predicted molar refractivity (Wildman–Crippen MR) is 64.0 cm³/mol. The molecule has 0 aliphatic heterocycles. The maximum Gasteiger partial charge on any atom is 0.329 e. The normalized spacial score (nSPS) is 12.7. The van der Waals surface area contributed by atoms with Crippen LogP contribution in [0, 0.1) is 0 Å². The Morgan fingerprint density at radius 3 is 2.80 bits per heavy atom. The van der Waals surface area contributed by atoms with E-state index in [2.05, 4.69) is 4.98 Å². The fourth-order valence-electron chi connectivity index (χ4n) is 1.31. The van der Waals surface area contributed by atoms with Crippen molar-refractivity contribution in [2.24, 2.45) is 0 Å². The summed E-state index contributed by atoms with van der Waals surface area (Å²) in [7, 11) is 0. The predicted octanol–water partition coefficient (Wildman–Crippen LogP) is 1.50. The third-order valence-electron chi connectivity index (χ3n) is 2.11. The summed E-state index contributed by atoms with van der Waals surface area (Å²) in [5, 5.41) is 0.0818. The molecule has 1 heterocycles. The summed E-state index contributed by atoms with van der Waals surface area (Å²) in [6, 6.07) is 1.12.